The number of nitrogens with zero attached hydrogens (tertiary/aromatic N) is 1. The minimum atomic E-state index is -0.164. The zero-order chi connectivity index (χ0) is 11.8. The number of hydrogen-bond acceptors (Lipinski definition) is 4. The van der Waals surface area contributed by atoms with E-state index in [2.05, 4.69) is 10.5 Å². The smallest absolute Gasteiger partial charge is 0.273 e. The lowest BCUT2D eigenvalue weighted by Crippen LogP contribution is -2.41. The molecule has 0 spiro atoms. The van der Waals surface area contributed by atoms with Crippen molar-refractivity contribution in [2.75, 3.05) is 6.54 Å². The maximum Gasteiger partial charge on any atom is 0.273 e. The van der Waals surface area contributed by atoms with Crippen molar-refractivity contribution in [2.24, 2.45) is 11.7 Å². The van der Waals surface area contributed by atoms with Crippen LogP contribution in [0.5, 0.6) is 0 Å². The van der Waals surface area contributed by atoms with E-state index < -0.39 is 0 Å². The topological polar surface area (TPSA) is 81.1 Å². The minimum Gasteiger partial charge on any atom is -0.360 e. The highest BCUT2D eigenvalue weighted by Gasteiger charge is 2.33. The predicted molar refractivity (Wildman–Crippen MR) is 68.8 cm³/mol. The van der Waals surface area contributed by atoms with E-state index in [1.54, 1.807) is 6.07 Å². The van der Waals surface area contributed by atoms with Crippen LogP contribution in [0.25, 0.3) is 0 Å². The Labute approximate surface area is 112 Å². The first kappa shape index (κ1) is 13.4. The lowest BCUT2D eigenvalue weighted by atomic mass is 10.2. The van der Waals surface area contributed by atoms with Crippen molar-refractivity contribution in [1.29, 1.82) is 0 Å². The van der Waals surface area contributed by atoms with Gasteiger partial charge in [0.15, 0.2) is 5.69 Å². The van der Waals surface area contributed by atoms with Crippen LogP contribution in [0.4, 0.5) is 0 Å². The molecule has 1 atom stereocenters. The van der Waals surface area contributed by atoms with Crippen LogP contribution in [0.1, 0.15) is 47.8 Å². The van der Waals surface area contributed by atoms with E-state index in [1.807, 2.05) is 0 Å². The van der Waals surface area contributed by atoms with Gasteiger partial charge in [0, 0.05) is 24.6 Å². The van der Waals surface area contributed by atoms with Crippen molar-refractivity contribution in [3.63, 3.8) is 0 Å². The molecule has 18 heavy (non-hydrogen) atoms. The van der Waals surface area contributed by atoms with Gasteiger partial charge in [-0.25, -0.2) is 0 Å². The molecule has 0 aliphatic heterocycles. The average Bonchev–Trinajstić information content (AvgIpc) is 3.25. The highest BCUT2D eigenvalue weighted by Crippen LogP contribution is 2.40. The quantitative estimate of drug-likeness (QED) is 0.849. The number of nitrogens with two attached hydrogens (primary N) is 1. The molecule has 1 aromatic heterocycles. The van der Waals surface area contributed by atoms with Crippen molar-refractivity contribution >= 4 is 18.3 Å². The number of nitrogens with one attached hydrogen (secondary N) is 1. The van der Waals surface area contributed by atoms with Gasteiger partial charge in [0.2, 0.25) is 0 Å². The molecule has 3 rings (SSSR count). The van der Waals surface area contributed by atoms with E-state index in [4.69, 9.17) is 10.3 Å². The summed E-state index contributed by atoms with van der Waals surface area (Å²) in [6.45, 7) is 0.490. The van der Waals surface area contributed by atoms with Crippen LogP contribution in [-0.4, -0.2) is 23.7 Å². The van der Waals surface area contributed by atoms with Gasteiger partial charge in [0.25, 0.3) is 5.91 Å². The second-order valence-corrected chi connectivity index (χ2v) is 5.04. The Bertz CT molecular complexity index is 427. The molecule has 3 N–H and O–H groups in total. The van der Waals surface area contributed by atoms with Gasteiger partial charge in [-0.15, -0.1) is 12.4 Å². The van der Waals surface area contributed by atoms with Gasteiger partial charge in [-0.05, 0) is 31.6 Å². The summed E-state index contributed by atoms with van der Waals surface area (Å²) < 4.78 is 5.16. The second kappa shape index (κ2) is 5.28. The third-order valence-corrected chi connectivity index (χ3v) is 3.50. The van der Waals surface area contributed by atoms with Crippen LogP contribution in [-0.2, 0) is 0 Å². The summed E-state index contributed by atoms with van der Waals surface area (Å²) >= 11 is 0. The molecule has 0 aromatic carbocycles. The van der Waals surface area contributed by atoms with Gasteiger partial charge in [-0.3, -0.25) is 4.79 Å². The number of hydrogen-bond donors (Lipinski definition) is 2. The van der Waals surface area contributed by atoms with Gasteiger partial charge in [0.1, 0.15) is 5.76 Å². The van der Waals surface area contributed by atoms with Crippen LogP contribution in [0.15, 0.2) is 10.6 Å². The van der Waals surface area contributed by atoms with Crippen LogP contribution in [0.3, 0.4) is 0 Å². The Morgan fingerprint density at radius 2 is 2.22 bits per heavy atom. The molecule has 1 unspecified atom stereocenters. The zero-order valence-corrected chi connectivity index (χ0v) is 10.9. The summed E-state index contributed by atoms with van der Waals surface area (Å²) in [5.74, 6) is 1.71. The molecule has 2 saturated carbocycles. The molecule has 6 heteroatoms. The Morgan fingerprint density at radius 3 is 2.78 bits per heavy atom. The van der Waals surface area contributed by atoms with Crippen molar-refractivity contribution in [3.8, 4) is 0 Å². The molecule has 1 amide bonds. The lowest BCUT2D eigenvalue weighted by molar-refractivity contribution is 0.0924. The SMILES string of the molecule is Cl.NCC(NC(=O)c1cc(C2CC2)on1)C1CC1. The molecule has 1 heterocycles. The van der Waals surface area contributed by atoms with Crippen LogP contribution in [0.2, 0.25) is 0 Å². The highest BCUT2D eigenvalue weighted by molar-refractivity contribution is 5.92. The number of rotatable bonds is 5. The number of halogens is 1. The normalized spacial score (nSPS) is 20.1. The first-order valence-electron chi connectivity index (χ1n) is 6.25. The summed E-state index contributed by atoms with van der Waals surface area (Å²) in [5.41, 5.74) is 6.03. The van der Waals surface area contributed by atoms with Gasteiger partial charge in [0.05, 0.1) is 0 Å². The fraction of sp³-hybridized carbons (Fsp3) is 0.667. The second-order valence-electron chi connectivity index (χ2n) is 5.04. The van der Waals surface area contributed by atoms with Gasteiger partial charge < -0.3 is 15.6 Å². The van der Waals surface area contributed by atoms with Crippen molar-refractivity contribution in [2.45, 2.75) is 37.6 Å². The number of aromatic nitrogens is 1. The van der Waals surface area contributed by atoms with Gasteiger partial charge in [-0.1, -0.05) is 5.16 Å². The Kier molecular flexibility index (Phi) is 3.92. The van der Waals surface area contributed by atoms with Crippen LogP contribution < -0.4 is 11.1 Å². The van der Waals surface area contributed by atoms with E-state index in [0.29, 0.717) is 24.1 Å². The van der Waals surface area contributed by atoms with E-state index in [1.165, 1.54) is 0 Å². The zero-order valence-electron chi connectivity index (χ0n) is 10.1. The molecule has 2 aliphatic rings. The number of carbonyl (C=O) groups excluding carboxylic acids is 1. The maximum atomic E-state index is 11.9. The summed E-state index contributed by atoms with van der Waals surface area (Å²) in [6, 6.07) is 1.84. The lowest BCUT2D eigenvalue weighted by Gasteiger charge is -2.14. The summed E-state index contributed by atoms with van der Waals surface area (Å²) in [5, 5.41) is 6.75. The number of amides is 1. The van der Waals surface area contributed by atoms with Gasteiger partial charge >= 0.3 is 0 Å². The summed E-state index contributed by atoms with van der Waals surface area (Å²) in [7, 11) is 0. The molecular weight excluding hydrogens is 254 g/mol. The van der Waals surface area contributed by atoms with E-state index >= 15 is 0 Å². The van der Waals surface area contributed by atoms with Crippen molar-refractivity contribution < 1.29 is 9.32 Å². The monoisotopic (exact) mass is 271 g/mol. The molecular formula is C12H18ClN3O2. The first-order chi connectivity index (χ1) is 8.28. The minimum absolute atomic E-state index is 0. The summed E-state index contributed by atoms with van der Waals surface area (Å²) in [6.07, 6.45) is 4.61. The Hall–Kier alpha value is -1.07. The van der Waals surface area contributed by atoms with Crippen LogP contribution in [0, 0.1) is 5.92 Å². The first-order valence-corrected chi connectivity index (χ1v) is 6.25. The maximum absolute atomic E-state index is 11.9. The van der Waals surface area contributed by atoms with Crippen molar-refractivity contribution in [1.82, 2.24) is 10.5 Å². The third kappa shape index (κ3) is 2.84. The largest absolute Gasteiger partial charge is 0.360 e. The summed E-state index contributed by atoms with van der Waals surface area (Å²) in [4.78, 5) is 11.9. The van der Waals surface area contributed by atoms with Gasteiger partial charge in [-0.2, -0.15) is 0 Å². The standard InChI is InChI=1S/C12H17N3O2.ClH/c13-6-10(7-1-2-7)14-12(16)9-5-11(17-15-9)8-3-4-8;/h5,7-8,10H,1-4,6,13H2,(H,14,16);1H. The average molecular weight is 272 g/mol. The molecule has 0 radical (unpaired) electrons. The van der Waals surface area contributed by atoms with Crippen molar-refractivity contribution in [3.05, 3.63) is 17.5 Å². The molecule has 100 valence electrons. The fourth-order valence-corrected chi connectivity index (χ4v) is 2.07. The van der Waals surface area contributed by atoms with E-state index in [0.717, 1.165) is 31.4 Å². The molecule has 1 aromatic rings. The Balaban J connectivity index is 0.00000120. The Morgan fingerprint density at radius 1 is 1.50 bits per heavy atom. The molecule has 0 saturated heterocycles. The van der Waals surface area contributed by atoms with Crippen LogP contribution >= 0.6 is 12.4 Å². The van der Waals surface area contributed by atoms with E-state index in [-0.39, 0.29) is 24.4 Å². The third-order valence-electron chi connectivity index (χ3n) is 3.50. The molecule has 2 fully saturated rings. The number of carbonyl (C=O) groups is 1. The molecule has 5 nitrogen and oxygen atoms in total. The van der Waals surface area contributed by atoms with E-state index in [9.17, 15) is 4.79 Å². The molecule has 0 bridgehead atoms. The highest BCUT2D eigenvalue weighted by atomic mass is 35.5. The fourth-order valence-electron chi connectivity index (χ4n) is 2.07. The molecule has 2 aliphatic carbocycles. The predicted octanol–water partition coefficient (Wildman–Crippen LogP) is 1.44.